The molecular weight excluding hydrogens is 330 g/mol. The van der Waals surface area contributed by atoms with E-state index in [1.807, 2.05) is 36.4 Å². The van der Waals surface area contributed by atoms with Crippen LogP contribution < -0.4 is 5.32 Å². The summed E-state index contributed by atoms with van der Waals surface area (Å²) in [4.78, 5) is 23.8. The Bertz CT molecular complexity index is 948. The molecule has 0 spiro atoms. The zero-order valence-corrected chi connectivity index (χ0v) is 14.4. The van der Waals surface area contributed by atoms with Crippen LogP contribution in [0.2, 0.25) is 0 Å². The van der Waals surface area contributed by atoms with Crippen molar-refractivity contribution in [3.05, 3.63) is 77.4 Å². The van der Waals surface area contributed by atoms with E-state index in [2.05, 4.69) is 10.1 Å². The Kier molecular flexibility index (Phi) is 5.17. The summed E-state index contributed by atoms with van der Waals surface area (Å²) in [5, 5.41) is 14.7. The van der Waals surface area contributed by atoms with Gasteiger partial charge in [0.05, 0.1) is 18.2 Å². The van der Waals surface area contributed by atoms with Crippen LogP contribution in [-0.4, -0.2) is 30.6 Å². The normalized spacial score (nSPS) is 10.5. The molecular formula is C21H19NO4. The van der Waals surface area contributed by atoms with E-state index in [0.717, 1.165) is 16.3 Å². The van der Waals surface area contributed by atoms with Gasteiger partial charge in [-0.05, 0) is 47.0 Å². The minimum absolute atomic E-state index is 0.0383. The predicted octanol–water partition coefficient (Wildman–Crippen LogP) is 3.30. The number of nitrogens with one attached hydrogen (secondary N) is 1. The molecule has 0 aliphatic heterocycles. The molecule has 0 unspecified atom stereocenters. The molecule has 3 aromatic rings. The van der Waals surface area contributed by atoms with E-state index >= 15 is 0 Å². The molecule has 0 aliphatic carbocycles. The van der Waals surface area contributed by atoms with Crippen LogP contribution in [-0.2, 0) is 11.2 Å². The van der Waals surface area contributed by atoms with Crippen molar-refractivity contribution in [2.75, 3.05) is 13.7 Å². The number of phenols is 1. The number of rotatable bonds is 5. The maximum Gasteiger partial charge on any atom is 0.337 e. The summed E-state index contributed by atoms with van der Waals surface area (Å²) in [6.45, 7) is 0.419. The standard InChI is InChI=1S/C21H19NO4/c1-26-21(25)15-8-6-14(7-9-15)10-11-22-20(24)18-12-16-4-2-3-5-17(16)13-19(18)23/h2-9,12-13,23H,10-11H2,1H3,(H,22,24). The molecule has 0 bridgehead atoms. The van der Waals surface area contributed by atoms with E-state index in [9.17, 15) is 14.7 Å². The maximum absolute atomic E-state index is 12.3. The Balaban J connectivity index is 1.62. The topological polar surface area (TPSA) is 75.6 Å². The Morgan fingerprint density at radius 1 is 1.00 bits per heavy atom. The SMILES string of the molecule is COC(=O)c1ccc(CCNC(=O)c2cc3ccccc3cc2O)cc1. The second kappa shape index (κ2) is 7.70. The predicted molar refractivity (Wildman–Crippen MR) is 99.4 cm³/mol. The third-order valence-corrected chi connectivity index (χ3v) is 4.18. The minimum atomic E-state index is -0.378. The Hall–Kier alpha value is -3.34. The van der Waals surface area contributed by atoms with Crippen LogP contribution in [0.25, 0.3) is 10.8 Å². The van der Waals surface area contributed by atoms with Crippen LogP contribution in [0.1, 0.15) is 26.3 Å². The van der Waals surface area contributed by atoms with Gasteiger partial charge in [0.2, 0.25) is 0 Å². The number of benzene rings is 3. The summed E-state index contributed by atoms with van der Waals surface area (Å²) in [5.74, 6) is -0.736. The fourth-order valence-electron chi connectivity index (χ4n) is 2.75. The lowest BCUT2D eigenvalue weighted by Gasteiger charge is -2.09. The Morgan fingerprint density at radius 2 is 1.65 bits per heavy atom. The van der Waals surface area contributed by atoms with E-state index in [1.54, 1.807) is 24.3 Å². The highest BCUT2D eigenvalue weighted by Crippen LogP contribution is 2.24. The number of fused-ring (bicyclic) bond motifs is 1. The molecule has 0 fully saturated rings. The first kappa shape index (κ1) is 17.5. The second-order valence-corrected chi connectivity index (χ2v) is 5.91. The lowest BCUT2D eigenvalue weighted by molar-refractivity contribution is 0.0600. The van der Waals surface area contributed by atoms with E-state index in [-0.39, 0.29) is 23.2 Å². The molecule has 26 heavy (non-hydrogen) atoms. The van der Waals surface area contributed by atoms with Gasteiger partial charge < -0.3 is 15.2 Å². The zero-order chi connectivity index (χ0) is 18.5. The van der Waals surface area contributed by atoms with Crippen molar-refractivity contribution in [3.8, 4) is 5.75 Å². The number of phenolic OH excluding ortho intramolecular Hbond substituents is 1. The van der Waals surface area contributed by atoms with Gasteiger partial charge in [-0.3, -0.25) is 4.79 Å². The fraction of sp³-hybridized carbons (Fsp3) is 0.143. The number of methoxy groups -OCH3 is 1. The molecule has 132 valence electrons. The Labute approximate surface area is 151 Å². The van der Waals surface area contributed by atoms with Crippen molar-refractivity contribution in [2.45, 2.75) is 6.42 Å². The van der Waals surface area contributed by atoms with E-state index in [0.29, 0.717) is 18.5 Å². The van der Waals surface area contributed by atoms with Crippen LogP contribution in [0.5, 0.6) is 5.75 Å². The minimum Gasteiger partial charge on any atom is -0.507 e. The second-order valence-electron chi connectivity index (χ2n) is 5.91. The van der Waals surface area contributed by atoms with Crippen molar-refractivity contribution in [3.63, 3.8) is 0 Å². The molecule has 0 radical (unpaired) electrons. The molecule has 0 aliphatic rings. The van der Waals surface area contributed by atoms with Crippen LogP contribution in [0.4, 0.5) is 0 Å². The average Bonchev–Trinajstić information content (AvgIpc) is 2.67. The van der Waals surface area contributed by atoms with E-state index in [4.69, 9.17) is 0 Å². The van der Waals surface area contributed by atoms with Gasteiger partial charge >= 0.3 is 5.97 Å². The smallest absolute Gasteiger partial charge is 0.337 e. The highest BCUT2D eigenvalue weighted by molar-refractivity contribution is 6.01. The quantitative estimate of drug-likeness (QED) is 0.693. The number of carbonyl (C=O) groups excluding carboxylic acids is 2. The van der Waals surface area contributed by atoms with Crippen LogP contribution in [0.3, 0.4) is 0 Å². The van der Waals surface area contributed by atoms with Crippen molar-refractivity contribution >= 4 is 22.6 Å². The largest absolute Gasteiger partial charge is 0.507 e. The maximum atomic E-state index is 12.3. The van der Waals surface area contributed by atoms with Crippen molar-refractivity contribution < 1.29 is 19.4 Å². The monoisotopic (exact) mass is 349 g/mol. The van der Waals surface area contributed by atoms with Crippen molar-refractivity contribution in [2.24, 2.45) is 0 Å². The first-order valence-electron chi connectivity index (χ1n) is 8.25. The molecule has 0 saturated carbocycles. The van der Waals surface area contributed by atoms with E-state index in [1.165, 1.54) is 7.11 Å². The molecule has 5 nitrogen and oxygen atoms in total. The van der Waals surface area contributed by atoms with Gasteiger partial charge in [0.1, 0.15) is 5.75 Å². The van der Waals surface area contributed by atoms with Gasteiger partial charge in [-0.2, -0.15) is 0 Å². The molecule has 0 heterocycles. The number of carbonyl (C=O) groups is 2. The molecule has 3 aromatic carbocycles. The summed E-state index contributed by atoms with van der Waals surface area (Å²) in [6, 6.07) is 17.9. The molecule has 0 saturated heterocycles. The van der Waals surface area contributed by atoms with Crippen LogP contribution in [0, 0.1) is 0 Å². The molecule has 0 aromatic heterocycles. The third kappa shape index (κ3) is 3.83. The molecule has 2 N–H and O–H groups in total. The van der Waals surface area contributed by atoms with Gasteiger partial charge in [0.25, 0.3) is 5.91 Å². The van der Waals surface area contributed by atoms with E-state index < -0.39 is 0 Å². The summed E-state index contributed by atoms with van der Waals surface area (Å²) < 4.78 is 4.66. The average molecular weight is 349 g/mol. The molecule has 0 atom stereocenters. The van der Waals surface area contributed by atoms with Crippen molar-refractivity contribution in [1.82, 2.24) is 5.32 Å². The summed E-state index contributed by atoms with van der Waals surface area (Å²) in [7, 11) is 1.34. The Morgan fingerprint density at radius 3 is 2.31 bits per heavy atom. The fourth-order valence-corrected chi connectivity index (χ4v) is 2.75. The van der Waals surface area contributed by atoms with Crippen LogP contribution in [0.15, 0.2) is 60.7 Å². The lowest BCUT2D eigenvalue weighted by Crippen LogP contribution is -2.25. The van der Waals surface area contributed by atoms with Gasteiger partial charge in [-0.15, -0.1) is 0 Å². The molecule has 1 amide bonds. The molecule has 5 heteroatoms. The molecule has 3 rings (SSSR count). The summed E-state index contributed by atoms with van der Waals surface area (Å²) in [6.07, 6.45) is 0.613. The number of esters is 1. The summed E-state index contributed by atoms with van der Waals surface area (Å²) >= 11 is 0. The number of hydrogen-bond acceptors (Lipinski definition) is 4. The van der Waals surface area contributed by atoms with Gasteiger partial charge in [-0.1, -0.05) is 36.4 Å². The van der Waals surface area contributed by atoms with Crippen molar-refractivity contribution in [1.29, 1.82) is 0 Å². The number of aromatic hydroxyl groups is 1. The third-order valence-electron chi connectivity index (χ3n) is 4.18. The summed E-state index contributed by atoms with van der Waals surface area (Å²) in [5.41, 5.74) is 1.73. The van der Waals surface area contributed by atoms with Gasteiger partial charge in [0, 0.05) is 6.54 Å². The van der Waals surface area contributed by atoms with Crippen LogP contribution >= 0.6 is 0 Å². The van der Waals surface area contributed by atoms with Gasteiger partial charge in [-0.25, -0.2) is 4.79 Å². The zero-order valence-electron chi connectivity index (χ0n) is 14.4. The van der Waals surface area contributed by atoms with Gasteiger partial charge in [0.15, 0.2) is 0 Å². The first-order valence-corrected chi connectivity index (χ1v) is 8.25. The highest BCUT2D eigenvalue weighted by Gasteiger charge is 2.12. The number of ether oxygens (including phenoxy) is 1. The number of hydrogen-bond donors (Lipinski definition) is 2. The lowest BCUT2D eigenvalue weighted by atomic mass is 10.1. The first-order chi connectivity index (χ1) is 12.6. The highest BCUT2D eigenvalue weighted by atomic mass is 16.5. The number of amides is 1.